The highest BCUT2D eigenvalue weighted by molar-refractivity contribution is 7.47. The summed E-state index contributed by atoms with van der Waals surface area (Å²) in [5.74, 6) is 0.227. The summed E-state index contributed by atoms with van der Waals surface area (Å²) in [6.07, 6.45) is 61.0. The second kappa shape index (κ2) is 72.3. The van der Waals surface area contributed by atoms with Gasteiger partial charge in [-0.1, -0.05) is 376 Å². The fourth-order valence-electron chi connectivity index (χ4n) is 12.7. The number of esters is 4. The van der Waals surface area contributed by atoms with Crippen LogP contribution in [-0.4, -0.2) is 96.7 Å². The van der Waals surface area contributed by atoms with Crippen molar-refractivity contribution in [1.29, 1.82) is 0 Å². The highest BCUT2D eigenvalue weighted by Gasteiger charge is 2.30. The van der Waals surface area contributed by atoms with Gasteiger partial charge in [-0.2, -0.15) is 0 Å². The molecule has 0 rings (SSSR count). The van der Waals surface area contributed by atoms with Crippen molar-refractivity contribution in [1.82, 2.24) is 0 Å². The number of hydrogen-bond donors (Lipinski definition) is 3. The predicted octanol–water partition coefficient (Wildman–Crippen LogP) is 24.5. The third-order valence-electron chi connectivity index (χ3n) is 19.1. The summed E-state index contributed by atoms with van der Waals surface area (Å²) in [6.45, 7) is 12.0. The Morgan fingerprint density at radius 3 is 0.673 bits per heavy atom. The highest BCUT2D eigenvalue weighted by atomic mass is 31.2. The first-order valence-corrected chi connectivity index (χ1v) is 45.3. The maximum atomic E-state index is 13.1. The lowest BCUT2D eigenvalue weighted by Crippen LogP contribution is -2.30. The van der Waals surface area contributed by atoms with Crippen molar-refractivity contribution in [2.45, 2.75) is 446 Å². The Labute approximate surface area is 619 Å². The van der Waals surface area contributed by atoms with Gasteiger partial charge in [-0.15, -0.1) is 0 Å². The van der Waals surface area contributed by atoms with Gasteiger partial charge in [-0.3, -0.25) is 37.3 Å². The zero-order chi connectivity index (χ0) is 74.4. The summed E-state index contributed by atoms with van der Waals surface area (Å²) in [7, 11) is -9.92. The molecule has 0 aromatic carbocycles. The Morgan fingerprint density at radius 1 is 0.267 bits per heavy atom. The molecule has 0 radical (unpaired) electrons. The first-order chi connectivity index (χ1) is 48.7. The minimum absolute atomic E-state index is 0.107. The Kier molecular flexibility index (Phi) is 70.9. The average molecular weight is 1480 g/mol. The van der Waals surface area contributed by atoms with E-state index in [4.69, 9.17) is 37.0 Å². The second-order valence-electron chi connectivity index (χ2n) is 30.9. The van der Waals surface area contributed by atoms with Gasteiger partial charge in [0.05, 0.1) is 26.4 Å². The van der Waals surface area contributed by atoms with Crippen molar-refractivity contribution in [2.24, 2.45) is 17.8 Å². The molecule has 0 spiro atoms. The lowest BCUT2D eigenvalue weighted by Gasteiger charge is -2.21. The van der Waals surface area contributed by atoms with Crippen LogP contribution >= 0.6 is 15.6 Å². The van der Waals surface area contributed by atoms with Crippen LogP contribution < -0.4 is 0 Å². The molecule has 2 unspecified atom stereocenters. The van der Waals surface area contributed by atoms with E-state index in [-0.39, 0.29) is 25.7 Å². The molecular weight excluding hydrogens is 1320 g/mol. The van der Waals surface area contributed by atoms with E-state index in [1.54, 1.807) is 0 Å². The number of aliphatic hydroxyl groups is 1. The van der Waals surface area contributed by atoms with Gasteiger partial charge in [0.2, 0.25) is 0 Å². The van der Waals surface area contributed by atoms with Gasteiger partial charge in [0.25, 0.3) is 0 Å². The van der Waals surface area contributed by atoms with Crippen LogP contribution in [-0.2, 0) is 65.4 Å². The van der Waals surface area contributed by atoms with Gasteiger partial charge in [0, 0.05) is 25.7 Å². The van der Waals surface area contributed by atoms with Gasteiger partial charge < -0.3 is 33.8 Å². The van der Waals surface area contributed by atoms with E-state index < -0.39 is 97.5 Å². The molecule has 5 atom stereocenters. The number of carbonyl (C=O) groups is 4. The maximum absolute atomic E-state index is 13.1. The lowest BCUT2D eigenvalue weighted by atomic mass is 10.0. The van der Waals surface area contributed by atoms with Crippen molar-refractivity contribution in [3.63, 3.8) is 0 Å². The van der Waals surface area contributed by atoms with Crippen LogP contribution in [0.25, 0.3) is 0 Å². The standard InChI is InChI=1S/C82H160O17P2/c1-8-9-10-11-12-13-14-15-24-30-35-44-51-58-65-81(86)99-78(70-93-80(85)64-57-50-43-38-37-41-48-55-62-75(6)7)72-97-101(90,91)95-68-76(83)67-94-100(88,89)96-71-77(98-82(87)66-59-52-45-36-31-26-21-17-19-23-28-33-40-47-54-61-74(4)5)69-92-79(84)63-56-49-42-34-29-25-20-16-18-22-27-32-39-46-53-60-73(2)3/h73-78,83H,8-72H2,1-7H3,(H,88,89)(H,90,91)/t76-,77-,78-/m1/s1. The van der Waals surface area contributed by atoms with Crippen LogP contribution in [0.1, 0.15) is 427 Å². The van der Waals surface area contributed by atoms with E-state index in [9.17, 15) is 43.2 Å². The molecule has 0 aliphatic heterocycles. The van der Waals surface area contributed by atoms with Gasteiger partial charge in [-0.25, -0.2) is 9.13 Å². The Hall–Kier alpha value is -1.94. The molecule has 17 nitrogen and oxygen atoms in total. The monoisotopic (exact) mass is 1480 g/mol. The number of ether oxygens (including phenoxy) is 4. The van der Waals surface area contributed by atoms with Gasteiger partial charge >= 0.3 is 39.5 Å². The molecule has 0 saturated heterocycles. The quantitative estimate of drug-likeness (QED) is 0.0222. The van der Waals surface area contributed by atoms with Gasteiger partial charge in [-0.05, 0) is 43.4 Å². The zero-order valence-corrected chi connectivity index (χ0v) is 68.2. The number of phosphoric acid groups is 2. The SMILES string of the molecule is CCCCCCCCCCCCCCCCC(=O)O[C@H](COC(=O)CCCCCCCCCCC(C)C)COP(=O)(O)OC[C@H](O)COP(=O)(O)OC[C@@H](COC(=O)CCCCCCCCCCCCCCCCCC(C)C)OC(=O)CCCCCCCCCCCCCCCCCC(C)C. The molecule has 600 valence electrons. The largest absolute Gasteiger partial charge is 0.472 e. The molecule has 0 amide bonds. The summed E-state index contributed by atoms with van der Waals surface area (Å²) in [6, 6.07) is 0. The second-order valence-corrected chi connectivity index (χ2v) is 33.8. The van der Waals surface area contributed by atoms with Gasteiger partial charge in [0.15, 0.2) is 12.2 Å². The molecule has 0 heterocycles. The molecule has 0 aliphatic rings. The Balaban J connectivity index is 5.25. The van der Waals surface area contributed by atoms with E-state index in [2.05, 4.69) is 48.5 Å². The molecule has 0 bridgehead atoms. The summed E-state index contributed by atoms with van der Waals surface area (Å²) in [4.78, 5) is 73.1. The van der Waals surface area contributed by atoms with E-state index in [0.717, 1.165) is 108 Å². The molecule has 0 aliphatic carbocycles. The maximum Gasteiger partial charge on any atom is 0.472 e. The van der Waals surface area contributed by atoms with Crippen LogP contribution in [0.15, 0.2) is 0 Å². The minimum Gasteiger partial charge on any atom is -0.462 e. The van der Waals surface area contributed by atoms with Crippen molar-refractivity contribution in [2.75, 3.05) is 39.6 Å². The number of rotatable bonds is 80. The summed E-state index contributed by atoms with van der Waals surface area (Å²) < 4.78 is 68.8. The van der Waals surface area contributed by atoms with E-state index in [0.29, 0.717) is 25.7 Å². The van der Waals surface area contributed by atoms with E-state index in [1.165, 1.54) is 238 Å². The molecule has 0 fully saturated rings. The number of unbranched alkanes of at least 4 members (excludes halogenated alkanes) is 48. The molecule has 0 aromatic rings. The smallest absolute Gasteiger partial charge is 0.462 e. The fraction of sp³-hybridized carbons (Fsp3) is 0.951. The molecule has 0 aromatic heterocycles. The first kappa shape index (κ1) is 99.1. The van der Waals surface area contributed by atoms with Crippen LogP contribution in [0.5, 0.6) is 0 Å². The average Bonchev–Trinajstić information content (AvgIpc) is 0.919. The summed E-state index contributed by atoms with van der Waals surface area (Å²) >= 11 is 0. The molecule has 3 N–H and O–H groups in total. The Morgan fingerprint density at radius 2 is 0.455 bits per heavy atom. The fourth-order valence-corrected chi connectivity index (χ4v) is 14.2. The van der Waals surface area contributed by atoms with Crippen LogP contribution in [0.4, 0.5) is 0 Å². The summed E-state index contributed by atoms with van der Waals surface area (Å²) in [5.41, 5.74) is 0. The van der Waals surface area contributed by atoms with Crippen molar-refractivity contribution in [3.05, 3.63) is 0 Å². The third kappa shape index (κ3) is 76.1. The Bertz CT molecular complexity index is 1960. The number of hydrogen-bond acceptors (Lipinski definition) is 15. The predicted molar refractivity (Wildman–Crippen MR) is 414 cm³/mol. The first-order valence-electron chi connectivity index (χ1n) is 42.3. The van der Waals surface area contributed by atoms with Crippen molar-refractivity contribution >= 4 is 39.5 Å². The molecule has 101 heavy (non-hydrogen) atoms. The van der Waals surface area contributed by atoms with Crippen molar-refractivity contribution in [3.8, 4) is 0 Å². The number of aliphatic hydroxyl groups excluding tert-OH is 1. The van der Waals surface area contributed by atoms with E-state index in [1.807, 2.05) is 0 Å². The molecule has 19 heteroatoms. The highest BCUT2D eigenvalue weighted by Crippen LogP contribution is 2.45. The van der Waals surface area contributed by atoms with Gasteiger partial charge in [0.1, 0.15) is 19.3 Å². The lowest BCUT2D eigenvalue weighted by molar-refractivity contribution is -0.161. The summed E-state index contributed by atoms with van der Waals surface area (Å²) in [5, 5.41) is 10.7. The normalized spacial score (nSPS) is 14.0. The molecular formula is C82H160O17P2. The van der Waals surface area contributed by atoms with Crippen LogP contribution in [0.2, 0.25) is 0 Å². The van der Waals surface area contributed by atoms with Crippen molar-refractivity contribution < 1.29 is 80.2 Å². The molecule has 0 saturated carbocycles. The third-order valence-corrected chi connectivity index (χ3v) is 21.0. The minimum atomic E-state index is -4.96. The zero-order valence-electron chi connectivity index (χ0n) is 66.4. The van der Waals surface area contributed by atoms with Crippen LogP contribution in [0, 0.1) is 17.8 Å². The van der Waals surface area contributed by atoms with Crippen LogP contribution in [0.3, 0.4) is 0 Å². The number of phosphoric ester groups is 2. The topological polar surface area (TPSA) is 237 Å². The van der Waals surface area contributed by atoms with E-state index >= 15 is 0 Å². The number of carbonyl (C=O) groups excluding carboxylic acids is 4.